The number of fused-ring (bicyclic) bond motifs is 1. The molecule has 7 nitrogen and oxygen atoms in total. The molecule has 1 aromatic carbocycles. The summed E-state index contributed by atoms with van der Waals surface area (Å²) < 4.78 is 5.58. The third-order valence-corrected chi connectivity index (χ3v) is 5.39. The van der Waals surface area contributed by atoms with Crippen LogP contribution in [0.4, 0.5) is 5.82 Å². The van der Waals surface area contributed by atoms with Crippen molar-refractivity contribution in [1.29, 1.82) is 0 Å². The van der Waals surface area contributed by atoms with Crippen LogP contribution >= 0.6 is 0 Å². The number of rotatable bonds is 3. The molecule has 0 amide bonds. The lowest BCUT2D eigenvalue weighted by Crippen LogP contribution is -2.34. The summed E-state index contributed by atoms with van der Waals surface area (Å²) in [7, 11) is 0. The fraction of sp³-hybridized carbons (Fsp3) is 0.400. The van der Waals surface area contributed by atoms with Crippen molar-refractivity contribution in [1.82, 2.24) is 25.4 Å². The number of hydrogen-bond acceptors (Lipinski definition) is 7. The highest BCUT2D eigenvalue weighted by Gasteiger charge is 2.29. The van der Waals surface area contributed by atoms with Crippen molar-refractivity contribution in [2.45, 2.75) is 38.8 Å². The Labute approximate surface area is 157 Å². The highest BCUT2D eigenvalue weighted by atomic mass is 16.5. The molecule has 138 valence electrons. The second-order valence-corrected chi connectivity index (χ2v) is 7.21. The molecule has 0 bridgehead atoms. The minimum Gasteiger partial charge on any atom is -0.356 e. The standard InChI is InChI=1S/C20H22N6O/c1-13-22-17-12-21-11-16(17)19(23-13)26-9-7-15(8-10-26)20-24-18(25-27-20)14-5-3-2-4-6-14/h2-6,15,21H,7-12H2,1H3. The zero-order chi connectivity index (χ0) is 18.2. The highest BCUT2D eigenvalue weighted by Crippen LogP contribution is 2.32. The van der Waals surface area contributed by atoms with Crippen molar-refractivity contribution < 1.29 is 4.52 Å². The van der Waals surface area contributed by atoms with Gasteiger partial charge in [-0.3, -0.25) is 0 Å². The molecular formula is C20H22N6O. The molecule has 2 aliphatic heterocycles. The maximum absolute atomic E-state index is 5.58. The van der Waals surface area contributed by atoms with Gasteiger partial charge < -0.3 is 14.7 Å². The van der Waals surface area contributed by atoms with Crippen LogP contribution in [0.2, 0.25) is 0 Å². The Morgan fingerprint density at radius 3 is 2.67 bits per heavy atom. The van der Waals surface area contributed by atoms with Gasteiger partial charge in [-0.1, -0.05) is 35.5 Å². The molecule has 1 N–H and O–H groups in total. The SMILES string of the molecule is Cc1nc2c(c(N3CCC(c4nc(-c5ccccc5)no4)CC3)n1)CNC2. The topological polar surface area (TPSA) is 80.0 Å². The molecule has 0 unspecified atom stereocenters. The monoisotopic (exact) mass is 362 g/mol. The normalized spacial score (nSPS) is 17.3. The first-order valence-corrected chi connectivity index (χ1v) is 9.49. The molecule has 5 rings (SSSR count). The Kier molecular flexibility index (Phi) is 4.09. The van der Waals surface area contributed by atoms with Crippen LogP contribution in [-0.4, -0.2) is 33.2 Å². The number of hydrogen-bond donors (Lipinski definition) is 1. The number of aromatic nitrogens is 4. The maximum Gasteiger partial charge on any atom is 0.230 e. The Morgan fingerprint density at radius 2 is 1.85 bits per heavy atom. The summed E-state index contributed by atoms with van der Waals surface area (Å²) in [5.74, 6) is 3.67. The van der Waals surface area contributed by atoms with Crippen LogP contribution in [0.1, 0.15) is 41.7 Å². The van der Waals surface area contributed by atoms with Gasteiger partial charge in [0.2, 0.25) is 11.7 Å². The van der Waals surface area contributed by atoms with Crippen LogP contribution in [0, 0.1) is 6.92 Å². The minimum absolute atomic E-state index is 0.306. The molecular weight excluding hydrogens is 340 g/mol. The van der Waals surface area contributed by atoms with Gasteiger partial charge >= 0.3 is 0 Å². The third kappa shape index (κ3) is 3.08. The minimum atomic E-state index is 0.306. The molecule has 4 heterocycles. The van der Waals surface area contributed by atoms with E-state index in [4.69, 9.17) is 9.51 Å². The lowest BCUT2D eigenvalue weighted by molar-refractivity contribution is 0.329. The van der Waals surface area contributed by atoms with Crippen molar-refractivity contribution in [3.8, 4) is 11.4 Å². The zero-order valence-electron chi connectivity index (χ0n) is 15.4. The maximum atomic E-state index is 5.58. The van der Waals surface area contributed by atoms with Gasteiger partial charge in [-0.05, 0) is 19.8 Å². The van der Waals surface area contributed by atoms with Crippen LogP contribution in [0.15, 0.2) is 34.9 Å². The molecule has 0 spiro atoms. The van der Waals surface area contributed by atoms with Gasteiger partial charge in [0.1, 0.15) is 11.6 Å². The van der Waals surface area contributed by atoms with Gasteiger partial charge in [-0.25, -0.2) is 9.97 Å². The Balaban J connectivity index is 1.31. The van der Waals surface area contributed by atoms with E-state index < -0.39 is 0 Å². The van der Waals surface area contributed by atoms with Crippen LogP contribution in [0.5, 0.6) is 0 Å². The number of nitrogens with zero attached hydrogens (tertiary/aromatic N) is 5. The first-order chi connectivity index (χ1) is 13.3. The van der Waals surface area contributed by atoms with Gasteiger partial charge in [0.05, 0.1) is 5.69 Å². The van der Waals surface area contributed by atoms with Crippen LogP contribution in [0.25, 0.3) is 11.4 Å². The van der Waals surface area contributed by atoms with E-state index in [1.54, 1.807) is 0 Å². The van der Waals surface area contributed by atoms with E-state index in [2.05, 4.69) is 25.3 Å². The summed E-state index contributed by atoms with van der Waals surface area (Å²) in [6, 6.07) is 9.97. The van der Waals surface area contributed by atoms with Crippen molar-refractivity contribution >= 4 is 5.82 Å². The van der Waals surface area contributed by atoms with E-state index in [1.165, 1.54) is 5.56 Å². The van der Waals surface area contributed by atoms with Gasteiger partial charge in [-0.2, -0.15) is 4.98 Å². The van der Waals surface area contributed by atoms with E-state index in [0.29, 0.717) is 11.7 Å². The van der Waals surface area contributed by atoms with Crippen LogP contribution < -0.4 is 10.2 Å². The fourth-order valence-electron chi connectivity index (χ4n) is 3.98. The first-order valence-electron chi connectivity index (χ1n) is 9.49. The predicted octanol–water partition coefficient (Wildman–Crippen LogP) is 2.82. The average molecular weight is 362 g/mol. The van der Waals surface area contributed by atoms with Crippen molar-refractivity contribution in [3.05, 3.63) is 53.3 Å². The summed E-state index contributed by atoms with van der Waals surface area (Å²) in [4.78, 5) is 16.3. The smallest absolute Gasteiger partial charge is 0.230 e. The van der Waals surface area contributed by atoms with Crippen LogP contribution in [-0.2, 0) is 13.1 Å². The van der Waals surface area contributed by atoms with E-state index >= 15 is 0 Å². The van der Waals surface area contributed by atoms with Crippen molar-refractivity contribution in [2.75, 3.05) is 18.0 Å². The summed E-state index contributed by atoms with van der Waals surface area (Å²) in [6.07, 6.45) is 1.98. The number of piperidine rings is 1. The number of benzene rings is 1. The summed E-state index contributed by atoms with van der Waals surface area (Å²) in [6.45, 7) is 5.55. The molecule has 2 aliphatic rings. The van der Waals surface area contributed by atoms with E-state index in [-0.39, 0.29) is 0 Å². The lowest BCUT2D eigenvalue weighted by atomic mass is 9.96. The average Bonchev–Trinajstić information content (AvgIpc) is 3.38. The van der Waals surface area contributed by atoms with E-state index in [1.807, 2.05) is 37.3 Å². The second-order valence-electron chi connectivity index (χ2n) is 7.21. The summed E-state index contributed by atoms with van der Waals surface area (Å²) >= 11 is 0. The van der Waals surface area contributed by atoms with Crippen molar-refractivity contribution in [2.24, 2.45) is 0 Å². The Bertz CT molecular complexity index is 946. The highest BCUT2D eigenvalue weighted by molar-refractivity contribution is 5.54. The van der Waals surface area contributed by atoms with Crippen LogP contribution in [0.3, 0.4) is 0 Å². The molecule has 0 atom stereocenters. The molecule has 0 aliphatic carbocycles. The molecule has 3 aromatic rings. The molecule has 2 aromatic heterocycles. The molecule has 1 fully saturated rings. The van der Waals surface area contributed by atoms with Gasteiger partial charge in [0.25, 0.3) is 0 Å². The van der Waals surface area contributed by atoms with Crippen molar-refractivity contribution in [3.63, 3.8) is 0 Å². The number of aryl methyl sites for hydroxylation is 1. The molecule has 27 heavy (non-hydrogen) atoms. The van der Waals surface area contributed by atoms with E-state index in [0.717, 1.165) is 67.8 Å². The van der Waals surface area contributed by atoms with Gasteiger partial charge in [0, 0.05) is 43.2 Å². The molecule has 7 heteroatoms. The summed E-state index contributed by atoms with van der Waals surface area (Å²) in [5.41, 5.74) is 3.39. The quantitative estimate of drug-likeness (QED) is 0.767. The lowest BCUT2D eigenvalue weighted by Gasteiger charge is -2.32. The fourth-order valence-corrected chi connectivity index (χ4v) is 3.98. The summed E-state index contributed by atoms with van der Waals surface area (Å²) in [5, 5.41) is 7.55. The third-order valence-electron chi connectivity index (χ3n) is 5.39. The van der Waals surface area contributed by atoms with E-state index in [9.17, 15) is 0 Å². The van der Waals surface area contributed by atoms with Gasteiger partial charge in [-0.15, -0.1) is 0 Å². The molecule has 0 radical (unpaired) electrons. The molecule has 1 saturated heterocycles. The number of nitrogens with one attached hydrogen (secondary N) is 1. The van der Waals surface area contributed by atoms with Gasteiger partial charge in [0.15, 0.2) is 0 Å². The Hall–Kier alpha value is -2.80. The Morgan fingerprint density at radius 1 is 1.04 bits per heavy atom. The molecule has 0 saturated carbocycles. The first kappa shape index (κ1) is 16.4. The largest absolute Gasteiger partial charge is 0.356 e. The number of anilines is 1. The second kappa shape index (κ2) is 6.74. The predicted molar refractivity (Wildman–Crippen MR) is 101 cm³/mol. The zero-order valence-corrected chi connectivity index (χ0v) is 15.4.